The molecule has 2 rings (SSSR count). The van der Waals surface area contributed by atoms with Gasteiger partial charge in [0.25, 0.3) is 5.84 Å². The Morgan fingerprint density at radius 1 is 1.40 bits per heavy atom. The number of carboxylic acid groups (broad SMARTS) is 1. The van der Waals surface area contributed by atoms with E-state index >= 15 is 0 Å². The first-order valence-corrected chi connectivity index (χ1v) is 6.80. The third-order valence-electron chi connectivity index (χ3n) is 3.68. The van der Waals surface area contributed by atoms with Crippen molar-refractivity contribution in [3.63, 3.8) is 0 Å². The van der Waals surface area contributed by atoms with Gasteiger partial charge in [0.1, 0.15) is 13.1 Å². The van der Waals surface area contributed by atoms with Crippen LogP contribution in [0.2, 0.25) is 0 Å². The van der Waals surface area contributed by atoms with E-state index in [1.807, 2.05) is 40.7 Å². The molecule has 0 radical (unpaired) electrons. The number of benzene rings is 1. The lowest BCUT2D eigenvalue weighted by Crippen LogP contribution is -2.40. The molecule has 0 saturated carbocycles. The second kappa shape index (κ2) is 5.63. The summed E-state index contributed by atoms with van der Waals surface area (Å²) in [5.74, 6) is -0.0683. The first-order chi connectivity index (χ1) is 9.41. The van der Waals surface area contributed by atoms with Gasteiger partial charge in [-0.15, -0.1) is 0 Å². The molecule has 2 atom stereocenters. The van der Waals surface area contributed by atoms with Crippen LogP contribution in [0.5, 0.6) is 0 Å². The number of aliphatic hydroxyl groups excluding tert-OH is 1. The zero-order valence-corrected chi connectivity index (χ0v) is 12.1. The first kappa shape index (κ1) is 14.5. The van der Waals surface area contributed by atoms with Gasteiger partial charge in [-0.3, -0.25) is 0 Å². The van der Waals surface area contributed by atoms with Gasteiger partial charge in [0.2, 0.25) is 0 Å². The molecule has 2 unspecified atom stereocenters. The summed E-state index contributed by atoms with van der Waals surface area (Å²) in [6.45, 7) is 6.59. The molecule has 1 aromatic rings. The summed E-state index contributed by atoms with van der Waals surface area (Å²) < 4.78 is 1.84. The lowest BCUT2D eigenvalue weighted by atomic mass is 10.1. The van der Waals surface area contributed by atoms with Crippen LogP contribution in [0.1, 0.15) is 25.0 Å². The van der Waals surface area contributed by atoms with Crippen molar-refractivity contribution in [3.05, 3.63) is 35.4 Å². The number of hydrogen-bond donors (Lipinski definition) is 2. The van der Waals surface area contributed by atoms with Crippen LogP contribution in [0, 0.1) is 6.92 Å². The van der Waals surface area contributed by atoms with Crippen LogP contribution in [-0.4, -0.2) is 56.9 Å². The van der Waals surface area contributed by atoms with Gasteiger partial charge in [-0.25, -0.2) is 14.3 Å². The molecule has 0 saturated heterocycles. The number of amidine groups is 1. The summed E-state index contributed by atoms with van der Waals surface area (Å²) >= 11 is 0. The van der Waals surface area contributed by atoms with Crippen molar-refractivity contribution in [2.24, 2.45) is 0 Å². The Hall–Kier alpha value is -1.88. The maximum absolute atomic E-state index is 11.3. The number of hydrogen-bond acceptors (Lipinski definition) is 3. The van der Waals surface area contributed by atoms with Gasteiger partial charge in [0, 0.05) is 6.92 Å². The van der Waals surface area contributed by atoms with Crippen LogP contribution in [0.15, 0.2) is 24.3 Å². The summed E-state index contributed by atoms with van der Waals surface area (Å²) in [6.07, 6.45) is -0.642. The van der Waals surface area contributed by atoms with Crippen LogP contribution in [0.25, 0.3) is 0 Å². The third-order valence-corrected chi connectivity index (χ3v) is 3.68. The Kier molecular flexibility index (Phi) is 4.09. The molecule has 0 fully saturated rings. The summed E-state index contributed by atoms with van der Waals surface area (Å²) in [7, 11) is 0. The van der Waals surface area contributed by atoms with Gasteiger partial charge in [0.05, 0.1) is 5.56 Å². The largest absolute Gasteiger partial charge is 0.478 e. The number of carbonyl (C=O) groups is 1. The molecule has 0 aliphatic carbocycles. The average Bonchev–Trinajstić information content (AvgIpc) is 2.82. The maximum atomic E-state index is 11.3. The fourth-order valence-corrected chi connectivity index (χ4v) is 2.58. The monoisotopic (exact) mass is 277 g/mol. The molecule has 0 bridgehead atoms. The van der Waals surface area contributed by atoms with E-state index in [9.17, 15) is 15.0 Å². The molecule has 0 spiro atoms. The molecule has 1 aromatic carbocycles. The number of aryl methyl sites for hydroxylation is 1. The van der Waals surface area contributed by atoms with Crippen molar-refractivity contribution in [1.29, 1.82) is 0 Å². The van der Waals surface area contributed by atoms with Gasteiger partial charge in [0.15, 0.2) is 12.3 Å². The number of carboxylic acids is 1. The Morgan fingerprint density at radius 2 is 2.10 bits per heavy atom. The molecular weight excluding hydrogens is 256 g/mol. The van der Waals surface area contributed by atoms with E-state index < -0.39 is 18.2 Å². The molecule has 1 heterocycles. The van der Waals surface area contributed by atoms with Crippen molar-refractivity contribution in [2.45, 2.75) is 33.0 Å². The summed E-state index contributed by atoms with van der Waals surface area (Å²) in [4.78, 5) is 13.1. The van der Waals surface area contributed by atoms with E-state index in [0.717, 1.165) is 17.0 Å². The highest BCUT2D eigenvalue weighted by molar-refractivity contribution is 5.96. The van der Waals surface area contributed by atoms with Crippen LogP contribution in [0.3, 0.4) is 0 Å². The highest BCUT2D eigenvalue weighted by atomic mass is 16.4. The highest BCUT2D eigenvalue weighted by Gasteiger charge is 2.38. The Bertz CT molecular complexity index is 552. The van der Waals surface area contributed by atoms with Crippen molar-refractivity contribution in [3.8, 4) is 0 Å². The van der Waals surface area contributed by atoms with Crippen molar-refractivity contribution < 1.29 is 19.6 Å². The molecule has 2 N–H and O–H groups in total. The Labute approximate surface area is 118 Å². The number of rotatable bonds is 4. The quantitative estimate of drug-likeness (QED) is 0.802. The standard InChI is InChI=1S/C15H20N2O3/c1-10-5-4-6-13(9-10)14-16(11(2)15(19)20)7-8-17(14)12(3)18/h4-6,9,11-12,18H,7-8H2,1-3H3/p+1. The minimum absolute atomic E-state index is 0.599. The predicted molar refractivity (Wildman–Crippen MR) is 75.9 cm³/mol. The van der Waals surface area contributed by atoms with Crippen LogP contribution < -0.4 is 0 Å². The molecule has 5 heteroatoms. The Balaban J connectivity index is 2.54. The average molecular weight is 277 g/mol. The predicted octanol–water partition coefficient (Wildman–Crippen LogP) is 0.881. The molecule has 1 aliphatic heterocycles. The number of aliphatic hydroxyl groups is 1. The van der Waals surface area contributed by atoms with Crippen LogP contribution >= 0.6 is 0 Å². The van der Waals surface area contributed by atoms with Gasteiger partial charge in [-0.1, -0.05) is 17.7 Å². The van der Waals surface area contributed by atoms with Crippen molar-refractivity contribution in [1.82, 2.24) is 4.90 Å². The first-order valence-electron chi connectivity index (χ1n) is 6.80. The van der Waals surface area contributed by atoms with E-state index in [1.54, 1.807) is 13.8 Å². The lowest BCUT2D eigenvalue weighted by Gasteiger charge is -2.17. The molecule has 0 aromatic heterocycles. The molecular formula is C15H21N2O3+. The van der Waals surface area contributed by atoms with E-state index in [0.29, 0.717) is 13.1 Å². The smallest absolute Gasteiger partial charge is 0.348 e. The maximum Gasteiger partial charge on any atom is 0.348 e. The summed E-state index contributed by atoms with van der Waals surface area (Å²) in [6, 6.07) is 7.29. The minimum Gasteiger partial charge on any atom is -0.478 e. The zero-order valence-electron chi connectivity index (χ0n) is 12.1. The van der Waals surface area contributed by atoms with E-state index in [2.05, 4.69) is 0 Å². The molecule has 20 heavy (non-hydrogen) atoms. The Morgan fingerprint density at radius 3 is 2.65 bits per heavy atom. The topological polar surface area (TPSA) is 63.8 Å². The number of nitrogens with zero attached hydrogens (tertiary/aromatic N) is 2. The summed E-state index contributed by atoms with van der Waals surface area (Å²) in [5, 5.41) is 19.2. The van der Waals surface area contributed by atoms with Crippen molar-refractivity contribution >= 4 is 11.8 Å². The fourth-order valence-electron chi connectivity index (χ4n) is 2.58. The van der Waals surface area contributed by atoms with Crippen LogP contribution in [-0.2, 0) is 4.79 Å². The van der Waals surface area contributed by atoms with E-state index in [1.165, 1.54) is 0 Å². The number of aliphatic carboxylic acids is 1. The molecule has 108 valence electrons. The van der Waals surface area contributed by atoms with E-state index in [-0.39, 0.29) is 0 Å². The van der Waals surface area contributed by atoms with Gasteiger partial charge in [-0.2, -0.15) is 0 Å². The third kappa shape index (κ3) is 2.67. The van der Waals surface area contributed by atoms with Gasteiger partial charge >= 0.3 is 5.97 Å². The summed E-state index contributed by atoms with van der Waals surface area (Å²) in [5.41, 5.74) is 2.05. The molecule has 1 aliphatic rings. The van der Waals surface area contributed by atoms with Gasteiger partial charge in [-0.05, 0) is 26.0 Å². The van der Waals surface area contributed by atoms with Crippen molar-refractivity contribution in [2.75, 3.05) is 13.1 Å². The zero-order chi connectivity index (χ0) is 14.9. The highest BCUT2D eigenvalue weighted by Crippen LogP contribution is 2.16. The molecule has 0 amide bonds. The van der Waals surface area contributed by atoms with Crippen LogP contribution in [0.4, 0.5) is 0 Å². The normalized spacial score (nSPS) is 18.3. The van der Waals surface area contributed by atoms with Gasteiger partial charge < -0.3 is 10.2 Å². The fraction of sp³-hybridized carbons (Fsp3) is 0.467. The van der Waals surface area contributed by atoms with E-state index in [4.69, 9.17) is 0 Å². The second-order valence-corrected chi connectivity index (χ2v) is 5.23. The molecule has 5 nitrogen and oxygen atoms in total. The lowest BCUT2D eigenvalue weighted by molar-refractivity contribution is -0.541. The minimum atomic E-state index is -0.859. The second-order valence-electron chi connectivity index (χ2n) is 5.23. The SMILES string of the molecule is Cc1cccc(C2=[N+](C(C)C(=O)O)CCN2C(C)O)c1.